The van der Waals surface area contributed by atoms with E-state index in [0.717, 1.165) is 0 Å². The number of ether oxygens (including phenoxy) is 1. The highest BCUT2D eigenvalue weighted by Gasteiger charge is 2.43. The molecule has 0 spiro atoms. The van der Waals surface area contributed by atoms with E-state index in [1.807, 2.05) is 0 Å². The quantitative estimate of drug-likeness (QED) is 0.641. The Labute approximate surface area is 160 Å². The largest absolute Gasteiger partial charge is 0.450 e. The van der Waals surface area contributed by atoms with E-state index in [-0.39, 0.29) is 23.8 Å². The second kappa shape index (κ2) is 8.58. The molecule has 0 unspecified atom stereocenters. The van der Waals surface area contributed by atoms with Crippen LogP contribution in [0.3, 0.4) is 0 Å². The molecule has 4 amide bonds. The van der Waals surface area contributed by atoms with Gasteiger partial charge in [-0.2, -0.15) is 0 Å². The third-order valence-electron chi connectivity index (χ3n) is 5.17. The Balaban J connectivity index is 1.92. The fourth-order valence-electron chi connectivity index (χ4n) is 3.41. The van der Waals surface area contributed by atoms with Gasteiger partial charge in [0.2, 0.25) is 17.7 Å². The van der Waals surface area contributed by atoms with Crippen molar-refractivity contribution in [1.82, 2.24) is 19.6 Å². The molecule has 9 heteroatoms. The highest BCUT2D eigenvalue weighted by Crippen LogP contribution is 2.24. The maximum atomic E-state index is 13.0. The van der Waals surface area contributed by atoms with Gasteiger partial charge < -0.3 is 24.3 Å². The van der Waals surface area contributed by atoms with E-state index in [1.165, 1.54) is 6.92 Å². The van der Waals surface area contributed by atoms with Crippen molar-refractivity contribution < 1.29 is 23.9 Å². The number of rotatable bonds is 3. The summed E-state index contributed by atoms with van der Waals surface area (Å²) in [5, 5.41) is 0. The zero-order chi connectivity index (χ0) is 20.2. The first-order valence-corrected chi connectivity index (χ1v) is 9.44. The lowest BCUT2D eigenvalue weighted by atomic mass is 9.89. The van der Waals surface area contributed by atoms with Crippen LogP contribution in [0.5, 0.6) is 0 Å². The summed E-state index contributed by atoms with van der Waals surface area (Å²) < 4.78 is 4.98. The van der Waals surface area contributed by atoms with Crippen molar-refractivity contribution in [1.29, 1.82) is 0 Å². The van der Waals surface area contributed by atoms with Crippen molar-refractivity contribution >= 4 is 23.8 Å². The summed E-state index contributed by atoms with van der Waals surface area (Å²) in [6, 6.07) is 0. The van der Waals surface area contributed by atoms with Crippen LogP contribution in [-0.2, 0) is 19.1 Å². The first-order chi connectivity index (χ1) is 12.7. The first-order valence-electron chi connectivity index (χ1n) is 9.44. The second-order valence-electron chi connectivity index (χ2n) is 7.40. The molecule has 2 aliphatic heterocycles. The highest BCUT2D eigenvalue weighted by molar-refractivity contribution is 6.04. The maximum absolute atomic E-state index is 13.0. The number of piperazine rings is 2. The number of nitrogens with zero attached hydrogens (tertiary/aromatic N) is 4. The van der Waals surface area contributed by atoms with E-state index in [0.29, 0.717) is 59.0 Å². The monoisotopic (exact) mass is 382 g/mol. The van der Waals surface area contributed by atoms with Crippen molar-refractivity contribution in [2.45, 2.75) is 27.7 Å². The highest BCUT2D eigenvalue weighted by atomic mass is 16.6. The van der Waals surface area contributed by atoms with E-state index in [9.17, 15) is 19.2 Å². The molecular weight excluding hydrogens is 352 g/mol. The Morgan fingerprint density at radius 3 is 1.48 bits per heavy atom. The van der Waals surface area contributed by atoms with Crippen LogP contribution < -0.4 is 0 Å². The molecule has 2 aliphatic rings. The molecule has 152 valence electrons. The summed E-state index contributed by atoms with van der Waals surface area (Å²) in [5.74, 6) is -0.453. The van der Waals surface area contributed by atoms with Crippen LogP contribution in [0.25, 0.3) is 0 Å². The number of amides is 4. The maximum Gasteiger partial charge on any atom is 0.409 e. The van der Waals surface area contributed by atoms with Gasteiger partial charge in [0.1, 0.15) is 5.41 Å². The molecule has 0 atom stereocenters. The minimum absolute atomic E-state index is 0.00286. The van der Waals surface area contributed by atoms with Crippen LogP contribution in [0.2, 0.25) is 0 Å². The SMILES string of the molecule is CCOC(=O)N1CCN(C(=O)C(C)(C)C(=O)N2CCN(C(C)=O)CC2)CC1. The van der Waals surface area contributed by atoms with E-state index in [4.69, 9.17) is 4.74 Å². The predicted molar refractivity (Wildman–Crippen MR) is 97.8 cm³/mol. The Morgan fingerprint density at radius 1 is 0.741 bits per heavy atom. The average molecular weight is 382 g/mol. The minimum atomic E-state index is -1.18. The van der Waals surface area contributed by atoms with Crippen LogP contribution in [0.1, 0.15) is 27.7 Å². The summed E-state index contributed by atoms with van der Waals surface area (Å²) in [6.45, 7) is 10.3. The molecule has 27 heavy (non-hydrogen) atoms. The summed E-state index contributed by atoms with van der Waals surface area (Å²) in [5.41, 5.74) is -1.18. The fraction of sp³-hybridized carbons (Fsp3) is 0.778. The second-order valence-corrected chi connectivity index (χ2v) is 7.40. The Morgan fingerprint density at radius 2 is 1.11 bits per heavy atom. The molecule has 0 saturated carbocycles. The molecule has 0 aliphatic carbocycles. The molecule has 0 N–H and O–H groups in total. The fourth-order valence-corrected chi connectivity index (χ4v) is 3.41. The van der Waals surface area contributed by atoms with Gasteiger partial charge in [0.15, 0.2) is 0 Å². The predicted octanol–water partition coefficient (Wildman–Crippen LogP) is 0.00400. The molecule has 0 radical (unpaired) electrons. The first kappa shape index (κ1) is 21.0. The molecule has 2 heterocycles. The van der Waals surface area contributed by atoms with Crippen molar-refractivity contribution in [2.75, 3.05) is 59.0 Å². The average Bonchev–Trinajstić information content (AvgIpc) is 2.67. The van der Waals surface area contributed by atoms with Crippen molar-refractivity contribution in [3.63, 3.8) is 0 Å². The molecule has 9 nitrogen and oxygen atoms in total. The zero-order valence-corrected chi connectivity index (χ0v) is 16.7. The molecule has 0 aromatic carbocycles. The molecule has 0 bridgehead atoms. The van der Waals surface area contributed by atoms with Crippen molar-refractivity contribution in [2.24, 2.45) is 5.41 Å². The van der Waals surface area contributed by atoms with Crippen LogP contribution in [0, 0.1) is 5.41 Å². The van der Waals surface area contributed by atoms with Gasteiger partial charge >= 0.3 is 6.09 Å². The number of hydrogen-bond donors (Lipinski definition) is 0. The lowest BCUT2D eigenvalue weighted by molar-refractivity contribution is -0.157. The Bertz CT molecular complexity index is 591. The number of hydrogen-bond acceptors (Lipinski definition) is 5. The van der Waals surface area contributed by atoms with Crippen LogP contribution in [0.15, 0.2) is 0 Å². The summed E-state index contributed by atoms with van der Waals surface area (Å²) in [6.07, 6.45) is -0.372. The summed E-state index contributed by atoms with van der Waals surface area (Å²) in [4.78, 5) is 55.7. The van der Waals surface area contributed by atoms with E-state index in [1.54, 1.807) is 40.4 Å². The van der Waals surface area contributed by atoms with Gasteiger partial charge in [0.25, 0.3) is 0 Å². The van der Waals surface area contributed by atoms with E-state index >= 15 is 0 Å². The van der Waals surface area contributed by atoms with Gasteiger partial charge in [-0.3, -0.25) is 14.4 Å². The standard InChI is InChI=1S/C18H30N4O5/c1-5-27-17(26)22-12-10-21(11-13-22)16(25)18(3,4)15(24)20-8-6-19(7-9-20)14(2)23/h5-13H2,1-4H3. The van der Waals surface area contributed by atoms with Gasteiger partial charge in [-0.1, -0.05) is 0 Å². The molecule has 0 aromatic heterocycles. The lowest BCUT2D eigenvalue weighted by Crippen LogP contribution is -2.59. The van der Waals surface area contributed by atoms with Gasteiger partial charge in [-0.05, 0) is 20.8 Å². The van der Waals surface area contributed by atoms with Crippen LogP contribution >= 0.6 is 0 Å². The van der Waals surface area contributed by atoms with Crippen LogP contribution in [-0.4, -0.2) is 102 Å². The van der Waals surface area contributed by atoms with Gasteiger partial charge in [-0.15, -0.1) is 0 Å². The van der Waals surface area contributed by atoms with Crippen molar-refractivity contribution in [3.8, 4) is 0 Å². The number of carbonyl (C=O) groups excluding carboxylic acids is 4. The third kappa shape index (κ3) is 4.70. The summed E-state index contributed by atoms with van der Waals surface area (Å²) >= 11 is 0. The van der Waals surface area contributed by atoms with Gasteiger partial charge in [-0.25, -0.2) is 4.79 Å². The zero-order valence-electron chi connectivity index (χ0n) is 16.7. The molecule has 2 rings (SSSR count). The molecule has 0 aromatic rings. The minimum Gasteiger partial charge on any atom is -0.450 e. The third-order valence-corrected chi connectivity index (χ3v) is 5.17. The topological polar surface area (TPSA) is 90.5 Å². The molecule has 2 fully saturated rings. The molecular formula is C18H30N4O5. The van der Waals surface area contributed by atoms with Gasteiger partial charge in [0.05, 0.1) is 6.61 Å². The van der Waals surface area contributed by atoms with Gasteiger partial charge in [0, 0.05) is 59.3 Å². The van der Waals surface area contributed by atoms with Crippen LogP contribution in [0.4, 0.5) is 4.79 Å². The summed E-state index contributed by atoms with van der Waals surface area (Å²) in [7, 11) is 0. The van der Waals surface area contributed by atoms with E-state index < -0.39 is 5.41 Å². The lowest BCUT2D eigenvalue weighted by Gasteiger charge is -2.41. The van der Waals surface area contributed by atoms with Crippen molar-refractivity contribution in [3.05, 3.63) is 0 Å². The Hall–Kier alpha value is -2.32. The molecule has 2 saturated heterocycles. The Kier molecular flexibility index (Phi) is 6.67. The smallest absolute Gasteiger partial charge is 0.409 e. The number of carbonyl (C=O) groups is 4. The van der Waals surface area contributed by atoms with E-state index in [2.05, 4.69) is 0 Å². The normalized spacial score (nSPS) is 18.4.